The van der Waals surface area contributed by atoms with Crippen LogP contribution in [0.3, 0.4) is 0 Å². The molecule has 2 aliphatic rings. The number of carbonyl (C=O) groups excluding carboxylic acids is 1. The Hall–Kier alpha value is -1.01. The van der Waals surface area contributed by atoms with Crippen LogP contribution >= 0.6 is 11.8 Å². The largest absolute Gasteiger partial charge is 0.380 e. The average molecular weight is 295 g/mol. The van der Waals surface area contributed by atoms with E-state index in [1.165, 1.54) is 0 Å². The fraction of sp³-hybridized carbons (Fsp3) is 0.714. The fourth-order valence-electron chi connectivity index (χ4n) is 2.83. The Bertz CT molecular complexity index is 487. The predicted molar refractivity (Wildman–Crippen MR) is 79.2 cm³/mol. The number of H-pyrrole nitrogens is 1. The van der Waals surface area contributed by atoms with Gasteiger partial charge in [0, 0.05) is 35.9 Å². The minimum Gasteiger partial charge on any atom is -0.380 e. The van der Waals surface area contributed by atoms with Crippen LogP contribution in [-0.4, -0.2) is 57.8 Å². The quantitative estimate of drug-likeness (QED) is 0.905. The van der Waals surface area contributed by atoms with Gasteiger partial charge in [-0.3, -0.25) is 9.89 Å². The summed E-state index contributed by atoms with van der Waals surface area (Å²) in [4.78, 5) is 14.7. The second kappa shape index (κ2) is 5.77. The molecule has 0 spiro atoms. The molecule has 1 aromatic heterocycles. The van der Waals surface area contributed by atoms with Crippen molar-refractivity contribution in [3.05, 3.63) is 17.5 Å². The van der Waals surface area contributed by atoms with Crippen molar-refractivity contribution in [2.75, 3.05) is 25.5 Å². The number of fused-ring (bicyclic) bond motifs is 1. The Morgan fingerprint density at radius 3 is 3.20 bits per heavy atom. The molecule has 2 atom stereocenters. The van der Waals surface area contributed by atoms with Gasteiger partial charge in [-0.1, -0.05) is 13.8 Å². The third kappa shape index (κ3) is 2.59. The van der Waals surface area contributed by atoms with E-state index in [9.17, 15) is 4.79 Å². The topological polar surface area (TPSA) is 58.2 Å². The second-order valence-electron chi connectivity index (χ2n) is 5.70. The van der Waals surface area contributed by atoms with Crippen LogP contribution in [0, 0.1) is 0 Å². The first-order valence-corrected chi connectivity index (χ1v) is 8.27. The fourth-order valence-corrected chi connectivity index (χ4v) is 4.13. The van der Waals surface area contributed by atoms with Gasteiger partial charge < -0.3 is 9.64 Å². The van der Waals surface area contributed by atoms with Gasteiger partial charge in [-0.15, -0.1) is 0 Å². The molecule has 2 aliphatic heterocycles. The lowest BCUT2D eigenvalue weighted by molar-refractivity contribution is 0.0315. The molecule has 1 amide bonds. The van der Waals surface area contributed by atoms with E-state index in [0.29, 0.717) is 22.9 Å². The van der Waals surface area contributed by atoms with Crippen molar-refractivity contribution in [3.8, 4) is 0 Å². The maximum absolute atomic E-state index is 12.7. The van der Waals surface area contributed by atoms with Gasteiger partial charge in [0.1, 0.15) is 5.69 Å². The summed E-state index contributed by atoms with van der Waals surface area (Å²) in [5, 5.41) is 7.59. The molecule has 2 fully saturated rings. The number of hydrogen-bond acceptors (Lipinski definition) is 4. The van der Waals surface area contributed by atoms with Crippen LogP contribution in [0.15, 0.2) is 6.07 Å². The lowest BCUT2D eigenvalue weighted by Crippen LogP contribution is -2.54. The molecule has 0 aromatic carbocycles. The van der Waals surface area contributed by atoms with E-state index in [1.54, 1.807) is 0 Å². The summed E-state index contributed by atoms with van der Waals surface area (Å²) in [5.74, 6) is 1.40. The number of ether oxygens (including phenoxy) is 1. The van der Waals surface area contributed by atoms with Crippen LogP contribution < -0.4 is 0 Å². The minimum absolute atomic E-state index is 0.0605. The van der Waals surface area contributed by atoms with E-state index < -0.39 is 0 Å². The number of nitrogens with one attached hydrogen (secondary N) is 1. The van der Waals surface area contributed by atoms with Crippen molar-refractivity contribution < 1.29 is 9.53 Å². The molecule has 6 heteroatoms. The van der Waals surface area contributed by atoms with Gasteiger partial charge in [-0.25, -0.2) is 0 Å². The van der Waals surface area contributed by atoms with Gasteiger partial charge in [-0.2, -0.15) is 16.9 Å². The van der Waals surface area contributed by atoms with E-state index >= 15 is 0 Å². The summed E-state index contributed by atoms with van der Waals surface area (Å²) in [6, 6.07) is 2.19. The molecule has 1 N–H and O–H groups in total. The number of aromatic nitrogens is 2. The Morgan fingerprint density at radius 1 is 1.60 bits per heavy atom. The number of thioether (sulfide) groups is 1. The van der Waals surface area contributed by atoms with Crippen LogP contribution in [0.1, 0.15) is 42.4 Å². The molecule has 20 heavy (non-hydrogen) atoms. The Labute approximate surface area is 123 Å². The number of carbonyl (C=O) groups is 1. The molecule has 0 aliphatic carbocycles. The molecule has 3 heterocycles. The Morgan fingerprint density at radius 2 is 2.45 bits per heavy atom. The molecule has 3 rings (SSSR count). The van der Waals surface area contributed by atoms with Gasteiger partial charge in [0.2, 0.25) is 0 Å². The van der Waals surface area contributed by atoms with Gasteiger partial charge in [0.15, 0.2) is 0 Å². The van der Waals surface area contributed by atoms with Crippen LogP contribution in [0.5, 0.6) is 0 Å². The highest BCUT2D eigenvalue weighted by atomic mass is 32.2. The zero-order valence-corrected chi connectivity index (χ0v) is 12.8. The number of rotatable bonds is 2. The zero-order valence-electron chi connectivity index (χ0n) is 12.0. The summed E-state index contributed by atoms with van der Waals surface area (Å²) in [6.07, 6.45) is 0.935. The molecule has 2 unspecified atom stereocenters. The van der Waals surface area contributed by atoms with Gasteiger partial charge >= 0.3 is 0 Å². The van der Waals surface area contributed by atoms with Gasteiger partial charge in [-0.05, 0) is 18.4 Å². The summed E-state index contributed by atoms with van der Waals surface area (Å²) in [6.45, 7) is 6.51. The summed E-state index contributed by atoms with van der Waals surface area (Å²) in [5.41, 5.74) is 1.56. The maximum Gasteiger partial charge on any atom is 0.274 e. The molecule has 5 nitrogen and oxygen atoms in total. The monoisotopic (exact) mass is 295 g/mol. The normalized spacial score (nSPS) is 26.6. The number of amides is 1. The second-order valence-corrected chi connectivity index (χ2v) is 7.05. The first-order valence-electron chi connectivity index (χ1n) is 7.22. The van der Waals surface area contributed by atoms with Gasteiger partial charge in [0.05, 0.1) is 6.61 Å². The Kier molecular flexibility index (Phi) is 4.03. The van der Waals surface area contributed by atoms with Crippen molar-refractivity contribution in [1.82, 2.24) is 15.1 Å². The smallest absolute Gasteiger partial charge is 0.274 e. The SMILES string of the molecule is CC(C)c1cc(C(=O)N2CCSC3COCCC32)n[nH]1. The lowest BCUT2D eigenvalue weighted by Gasteiger charge is -2.43. The molecule has 2 saturated heterocycles. The third-order valence-corrected chi connectivity index (χ3v) is 5.33. The van der Waals surface area contributed by atoms with Crippen LogP contribution in [0.4, 0.5) is 0 Å². The molecule has 0 saturated carbocycles. The molecule has 110 valence electrons. The number of nitrogens with zero attached hydrogens (tertiary/aromatic N) is 2. The van der Waals surface area contributed by atoms with E-state index in [-0.39, 0.29) is 5.91 Å². The first kappa shape index (κ1) is 13.9. The van der Waals surface area contributed by atoms with Crippen molar-refractivity contribution in [2.45, 2.75) is 37.5 Å². The van der Waals surface area contributed by atoms with Crippen molar-refractivity contribution >= 4 is 17.7 Å². The predicted octanol–water partition coefficient (Wildman–Crippen LogP) is 1.88. The highest BCUT2D eigenvalue weighted by molar-refractivity contribution is 8.00. The molecular formula is C14H21N3O2S. The first-order chi connectivity index (χ1) is 9.66. The van der Waals surface area contributed by atoms with Crippen molar-refractivity contribution in [1.29, 1.82) is 0 Å². The zero-order chi connectivity index (χ0) is 14.1. The summed E-state index contributed by atoms with van der Waals surface area (Å²) >= 11 is 1.93. The molecule has 0 radical (unpaired) electrons. The van der Waals surface area contributed by atoms with Crippen molar-refractivity contribution in [3.63, 3.8) is 0 Å². The number of aromatic amines is 1. The number of hydrogen-bond donors (Lipinski definition) is 1. The van der Waals surface area contributed by atoms with E-state index in [1.807, 2.05) is 22.7 Å². The van der Waals surface area contributed by atoms with Gasteiger partial charge in [0.25, 0.3) is 5.91 Å². The molecule has 0 bridgehead atoms. The van der Waals surface area contributed by atoms with Crippen LogP contribution in [0.25, 0.3) is 0 Å². The average Bonchev–Trinajstić information content (AvgIpc) is 2.96. The highest BCUT2D eigenvalue weighted by Crippen LogP contribution is 2.31. The highest BCUT2D eigenvalue weighted by Gasteiger charge is 2.37. The van der Waals surface area contributed by atoms with E-state index in [2.05, 4.69) is 24.0 Å². The van der Waals surface area contributed by atoms with Crippen LogP contribution in [-0.2, 0) is 4.74 Å². The molecular weight excluding hydrogens is 274 g/mol. The summed E-state index contributed by atoms with van der Waals surface area (Å²) in [7, 11) is 0. The standard InChI is InChI=1S/C14H21N3O2S/c1-9(2)10-7-11(16-15-10)14(18)17-4-6-20-13-8-19-5-3-12(13)17/h7,9,12-13H,3-6,8H2,1-2H3,(H,15,16). The minimum atomic E-state index is 0.0605. The maximum atomic E-state index is 12.7. The lowest BCUT2D eigenvalue weighted by atomic mass is 10.1. The van der Waals surface area contributed by atoms with E-state index in [4.69, 9.17) is 4.74 Å². The summed E-state index contributed by atoms with van der Waals surface area (Å²) < 4.78 is 5.53. The van der Waals surface area contributed by atoms with E-state index in [0.717, 1.165) is 37.6 Å². The Balaban J connectivity index is 1.77. The molecule has 1 aromatic rings. The third-order valence-electron chi connectivity index (χ3n) is 4.03. The van der Waals surface area contributed by atoms with Crippen molar-refractivity contribution in [2.24, 2.45) is 0 Å². The van der Waals surface area contributed by atoms with Crippen LogP contribution in [0.2, 0.25) is 0 Å².